The highest BCUT2D eigenvalue weighted by Gasteiger charge is 2.13. The van der Waals surface area contributed by atoms with Crippen molar-refractivity contribution < 1.29 is 9.31 Å². The summed E-state index contributed by atoms with van der Waals surface area (Å²) in [5, 5.41) is 11.0. The van der Waals surface area contributed by atoms with E-state index >= 15 is 0 Å². The minimum Gasteiger partial charge on any atom is -0.378 e. The number of anilines is 1. The molecule has 2 N–H and O–H groups in total. The zero-order valence-electron chi connectivity index (χ0n) is 9.04. The first kappa shape index (κ1) is 12.3. The standard InChI is InChI=1S/C11H8FN3O2S/c12-7-2-1-3-8(6-7)18-10-5-4-9(15(16)17)11(13)14-10/h1-6H,(H2,13,14). The SMILES string of the molecule is Nc1nc(Sc2cccc(F)c2)ccc1[N+](=O)[O-]. The van der Waals surface area contributed by atoms with E-state index in [-0.39, 0.29) is 17.3 Å². The van der Waals surface area contributed by atoms with Gasteiger partial charge in [0.1, 0.15) is 10.8 Å². The van der Waals surface area contributed by atoms with Gasteiger partial charge in [0.2, 0.25) is 5.82 Å². The van der Waals surface area contributed by atoms with Gasteiger partial charge in [-0.05, 0) is 24.3 Å². The second kappa shape index (κ2) is 5.01. The summed E-state index contributed by atoms with van der Waals surface area (Å²) in [6, 6.07) is 8.74. The first-order valence-corrected chi connectivity index (χ1v) is 5.72. The quantitative estimate of drug-likeness (QED) is 0.681. The lowest BCUT2D eigenvalue weighted by atomic mass is 10.3. The summed E-state index contributed by atoms with van der Waals surface area (Å²) in [5.74, 6) is -0.503. The first-order chi connectivity index (χ1) is 8.56. The van der Waals surface area contributed by atoms with E-state index in [0.29, 0.717) is 9.92 Å². The Labute approximate surface area is 106 Å². The molecule has 2 rings (SSSR count). The Morgan fingerprint density at radius 2 is 2.11 bits per heavy atom. The molecule has 2 aromatic rings. The van der Waals surface area contributed by atoms with Crippen LogP contribution in [0.3, 0.4) is 0 Å². The Kier molecular flexibility index (Phi) is 3.42. The number of hydrogen-bond donors (Lipinski definition) is 1. The van der Waals surface area contributed by atoms with Gasteiger partial charge >= 0.3 is 5.69 Å². The molecule has 5 nitrogen and oxygen atoms in total. The van der Waals surface area contributed by atoms with Crippen molar-refractivity contribution in [3.05, 3.63) is 52.3 Å². The summed E-state index contributed by atoms with van der Waals surface area (Å²) in [5.41, 5.74) is 5.23. The number of benzene rings is 1. The molecule has 0 saturated heterocycles. The average Bonchev–Trinajstić information content (AvgIpc) is 2.28. The molecule has 0 fully saturated rings. The molecule has 0 unspecified atom stereocenters. The Morgan fingerprint density at radius 1 is 1.33 bits per heavy atom. The largest absolute Gasteiger partial charge is 0.378 e. The lowest BCUT2D eigenvalue weighted by Crippen LogP contribution is -1.98. The minimum atomic E-state index is -0.598. The number of nitrogens with two attached hydrogens (primary N) is 1. The van der Waals surface area contributed by atoms with Crippen molar-refractivity contribution in [2.45, 2.75) is 9.92 Å². The highest BCUT2D eigenvalue weighted by atomic mass is 32.2. The van der Waals surface area contributed by atoms with Crippen molar-refractivity contribution in [3.8, 4) is 0 Å². The second-order valence-corrected chi connectivity index (χ2v) is 4.46. The van der Waals surface area contributed by atoms with Gasteiger partial charge in [0.15, 0.2) is 0 Å². The number of aromatic nitrogens is 1. The van der Waals surface area contributed by atoms with Crippen LogP contribution in [0.4, 0.5) is 15.9 Å². The van der Waals surface area contributed by atoms with Crippen LogP contribution in [0.25, 0.3) is 0 Å². The van der Waals surface area contributed by atoms with Gasteiger partial charge in [0.05, 0.1) is 4.92 Å². The number of rotatable bonds is 3. The van der Waals surface area contributed by atoms with Gasteiger partial charge in [-0.25, -0.2) is 9.37 Å². The Balaban J connectivity index is 2.25. The Morgan fingerprint density at radius 3 is 2.72 bits per heavy atom. The highest BCUT2D eigenvalue weighted by molar-refractivity contribution is 7.99. The van der Waals surface area contributed by atoms with Gasteiger partial charge in [0.25, 0.3) is 0 Å². The monoisotopic (exact) mass is 265 g/mol. The minimum absolute atomic E-state index is 0.151. The maximum Gasteiger partial charge on any atom is 0.311 e. The van der Waals surface area contributed by atoms with E-state index in [1.807, 2.05) is 0 Å². The lowest BCUT2D eigenvalue weighted by Gasteiger charge is -2.02. The highest BCUT2D eigenvalue weighted by Crippen LogP contribution is 2.29. The van der Waals surface area contributed by atoms with E-state index in [1.165, 1.54) is 36.0 Å². The van der Waals surface area contributed by atoms with Gasteiger partial charge < -0.3 is 5.73 Å². The van der Waals surface area contributed by atoms with Crippen LogP contribution in [-0.4, -0.2) is 9.91 Å². The summed E-state index contributed by atoms with van der Waals surface area (Å²) in [6.45, 7) is 0. The number of halogens is 1. The maximum absolute atomic E-state index is 13.0. The van der Waals surface area contributed by atoms with Crippen LogP contribution in [0.5, 0.6) is 0 Å². The zero-order chi connectivity index (χ0) is 13.1. The topological polar surface area (TPSA) is 82.0 Å². The lowest BCUT2D eigenvalue weighted by molar-refractivity contribution is -0.384. The smallest absolute Gasteiger partial charge is 0.311 e. The van der Waals surface area contributed by atoms with Crippen LogP contribution in [0.1, 0.15) is 0 Å². The van der Waals surface area contributed by atoms with Crippen LogP contribution >= 0.6 is 11.8 Å². The molecule has 0 radical (unpaired) electrons. The van der Waals surface area contributed by atoms with Crippen LogP contribution in [0, 0.1) is 15.9 Å². The van der Waals surface area contributed by atoms with Crippen molar-refractivity contribution in [3.63, 3.8) is 0 Å². The molecule has 0 bridgehead atoms. The van der Waals surface area contributed by atoms with E-state index in [9.17, 15) is 14.5 Å². The van der Waals surface area contributed by atoms with Crippen molar-refractivity contribution in [1.82, 2.24) is 4.98 Å². The number of nitro groups is 1. The summed E-state index contributed by atoms with van der Waals surface area (Å²) in [7, 11) is 0. The molecule has 7 heteroatoms. The molecule has 0 aliphatic heterocycles. The van der Waals surface area contributed by atoms with Crippen LogP contribution in [-0.2, 0) is 0 Å². The third kappa shape index (κ3) is 2.75. The molecule has 18 heavy (non-hydrogen) atoms. The summed E-state index contributed by atoms with van der Waals surface area (Å²) in [6.07, 6.45) is 0. The molecule has 0 aliphatic carbocycles. The molecule has 1 aromatic carbocycles. The number of nitrogen functional groups attached to an aromatic ring is 1. The number of pyridine rings is 1. The molecule has 0 amide bonds. The maximum atomic E-state index is 13.0. The van der Waals surface area contributed by atoms with E-state index in [2.05, 4.69) is 4.98 Å². The molecule has 1 aromatic heterocycles. The number of nitrogens with zero attached hydrogens (tertiary/aromatic N) is 2. The van der Waals surface area contributed by atoms with Crippen molar-refractivity contribution >= 4 is 23.3 Å². The molecule has 0 aliphatic rings. The molecule has 92 valence electrons. The fourth-order valence-electron chi connectivity index (χ4n) is 1.31. The van der Waals surface area contributed by atoms with Crippen molar-refractivity contribution in [2.24, 2.45) is 0 Å². The second-order valence-electron chi connectivity index (χ2n) is 3.37. The van der Waals surface area contributed by atoms with Crippen LogP contribution in [0.2, 0.25) is 0 Å². The molecular formula is C11H8FN3O2S. The van der Waals surface area contributed by atoms with E-state index in [4.69, 9.17) is 5.73 Å². The molecule has 0 saturated carbocycles. The van der Waals surface area contributed by atoms with Crippen LogP contribution in [0.15, 0.2) is 46.3 Å². The Bertz CT molecular complexity index is 607. The van der Waals surface area contributed by atoms with Gasteiger partial charge in [-0.2, -0.15) is 0 Å². The van der Waals surface area contributed by atoms with Gasteiger partial charge in [-0.3, -0.25) is 10.1 Å². The fourth-order valence-corrected chi connectivity index (χ4v) is 2.15. The summed E-state index contributed by atoms with van der Waals surface area (Å²) in [4.78, 5) is 14.5. The van der Waals surface area contributed by atoms with E-state index < -0.39 is 4.92 Å². The number of hydrogen-bond acceptors (Lipinski definition) is 5. The predicted octanol–water partition coefficient (Wildman–Crippen LogP) is 2.86. The van der Waals surface area contributed by atoms with Crippen molar-refractivity contribution in [1.29, 1.82) is 0 Å². The van der Waals surface area contributed by atoms with Crippen LogP contribution < -0.4 is 5.73 Å². The van der Waals surface area contributed by atoms with Gasteiger partial charge in [-0.1, -0.05) is 17.8 Å². The van der Waals surface area contributed by atoms with Gasteiger partial charge in [0, 0.05) is 11.0 Å². The fraction of sp³-hybridized carbons (Fsp3) is 0. The summed E-state index contributed by atoms with van der Waals surface area (Å²) < 4.78 is 13.0. The third-order valence-electron chi connectivity index (χ3n) is 2.09. The normalized spacial score (nSPS) is 10.3. The molecule has 0 atom stereocenters. The zero-order valence-corrected chi connectivity index (χ0v) is 9.86. The van der Waals surface area contributed by atoms with Crippen molar-refractivity contribution in [2.75, 3.05) is 5.73 Å². The third-order valence-corrected chi connectivity index (χ3v) is 3.02. The predicted molar refractivity (Wildman–Crippen MR) is 65.8 cm³/mol. The first-order valence-electron chi connectivity index (χ1n) is 4.90. The molecule has 1 heterocycles. The molecular weight excluding hydrogens is 257 g/mol. The van der Waals surface area contributed by atoms with Gasteiger partial charge in [-0.15, -0.1) is 0 Å². The van der Waals surface area contributed by atoms with E-state index in [0.717, 1.165) is 0 Å². The van der Waals surface area contributed by atoms with E-state index in [1.54, 1.807) is 12.1 Å². The molecule has 0 spiro atoms. The Hall–Kier alpha value is -2.15. The average molecular weight is 265 g/mol. The summed E-state index contributed by atoms with van der Waals surface area (Å²) >= 11 is 1.18.